The first-order valence-corrected chi connectivity index (χ1v) is 9.81. The zero-order chi connectivity index (χ0) is 20.4. The van der Waals surface area contributed by atoms with Crippen LogP contribution in [0.2, 0.25) is 0 Å². The van der Waals surface area contributed by atoms with Crippen molar-refractivity contribution in [3.05, 3.63) is 59.1 Å². The summed E-state index contributed by atoms with van der Waals surface area (Å²) < 4.78 is 9.04. The average molecular weight is 410 g/mol. The number of nitrogens with one attached hydrogen (secondary N) is 1. The fourth-order valence-electron chi connectivity index (χ4n) is 2.75. The van der Waals surface area contributed by atoms with Crippen molar-refractivity contribution in [1.82, 2.24) is 24.5 Å². The quantitative estimate of drug-likeness (QED) is 0.524. The van der Waals surface area contributed by atoms with Crippen LogP contribution in [0, 0.1) is 0 Å². The van der Waals surface area contributed by atoms with Crippen molar-refractivity contribution in [1.29, 1.82) is 0 Å². The fourth-order valence-corrected chi connectivity index (χ4v) is 3.65. The molecule has 0 saturated heterocycles. The topological polar surface area (TPSA) is 104 Å². The molecule has 4 aromatic rings. The molecule has 0 spiro atoms. The Bertz CT molecular complexity index is 1210. The van der Waals surface area contributed by atoms with E-state index < -0.39 is 6.04 Å². The van der Waals surface area contributed by atoms with Crippen molar-refractivity contribution in [2.45, 2.75) is 19.9 Å². The molecule has 0 aliphatic rings. The van der Waals surface area contributed by atoms with E-state index >= 15 is 0 Å². The van der Waals surface area contributed by atoms with E-state index in [1.165, 1.54) is 22.1 Å². The van der Waals surface area contributed by atoms with Gasteiger partial charge in [0.1, 0.15) is 11.8 Å². The molecule has 10 heteroatoms. The normalized spacial score (nSPS) is 12.1. The van der Waals surface area contributed by atoms with E-state index in [1.54, 1.807) is 31.5 Å². The van der Waals surface area contributed by atoms with Crippen LogP contribution in [-0.2, 0) is 4.79 Å². The third kappa shape index (κ3) is 3.87. The summed E-state index contributed by atoms with van der Waals surface area (Å²) in [6.45, 7) is 4.10. The van der Waals surface area contributed by atoms with Gasteiger partial charge in [-0.2, -0.15) is 5.10 Å². The number of anilines is 1. The van der Waals surface area contributed by atoms with Gasteiger partial charge >= 0.3 is 0 Å². The summed E-state index contributed by atoms with van der Waals surface area (Å²) in [6.07, 6.45) is 3.32. The van der Waals surface area contributed by atoms with Crippen LogP contribution in [0.25, 0.3) is 16.0 Å². The van der Waals surface area contributed by atoms with E-state index in [1.807, 2.05) is 25.1 Å². The Morgan fingerprint density at radius 2 is 2.17 bits per heavy atom. The maximum absolute atomic E-state index is 12.7. The molecule has 0 saturated carbocycles. The summed E-state index contributed by atoms with van der Waals surface area (Å²) >= 11 is 1.34. The summed E-state index contributed by atoms with van der Waals surface area (Å²) in [7, 11) is 0. The van der Waals surface area contributed by atoms with Crippen LogP contribution >= 0.6 is 11.3 Å². The molecule has 0 radical (unpaired) electrons. The number of fused-ring (bicyclic) bond motifs is 1. The zero-order valence-electron chi connectivity index (χ0n) is 15.8. The molecule has 4 rings (SSSR count). The maximum Gasteiger partial charge on any atom is 0.267 e. The lowest BCUT2D eigenvalue weighted by molar-refractivity contribution is -0.119. The van der Waals surface area contributed by atoms with Crippen LogP contribution < -0.4 is 15.6 Å². The highest BCUT2D eigenvalue weighted by Crippen LogP contribution is 2.29. The van der Waals surface area contributed by atoms with E-state index in [0.717, 1.165) is 20.6 Å². The number of carbonyl (C=O) groups excluding carboxylic acids is 1. The Hall–Kier alpha value is -3.53. The van der Waals surface area contributed by atoms with Crippen LogP contribution in [0.5, 0.6) is 5.75 Å². The smallest absolute Gasteiger partial charge is 0.267 e. The number of hydrogen-bond acceptors (Lipinski definition) is 7. The van der Waals surface area contributed by atoms with E-state index in [9.17, 15) is 9.59 Å². The van der Waals surface area contributed by atoms with Crippen LogP contribution in [0.4, 0.5) is 5.13 Å². The minimum Gasteiger partial charge on any atom is -0.494 e. The monoisotopic (exact) mass is 410 g/mol. The maximum atomic E-state index is 12.7. The highest BCUT2D eigenvalue weighted by molar-refractivity contribution is 7.22. The van der Waals surface area contributed by atoms with Gasteiger partial charge in [-0.15, -0.1) is 5.10 Å². The van der Waals surface area contributed by atoms with Crippen LogP contribution in [0.1, 0.15) is 19.9 Å². The molecule has 29 heavy (non-hydrogen) atoms. The van der Waals surface area contributed by atoms with Crippen LogP contribution in [-0.4, -0.2) is 37.1 Å². The highest BCUT2D eigenvalue weighted by Gasteiger charge is 2.20. The Balaban J connectivity index is 1.56. The second-order valence-electron chi connectivity index (χ2n) is 6.17. The van der Waals surface area contributed by atoms with Crippen molar-refractivity contribution in [2.24, 2.45) is 0 Å². The lowest BCUT2D eigenvalue weighted by atomic mass is 10.3. The Morgan fingerprint density at radius 3 is 2.93 bits per heavy atom. The zero-order valence-corrected chi connectivity index (χ0v) is 16.6. The number of amides is 1. The molecular formula is C19H18N6O3S. The first-order chi connectivity index (χ1) is 14.0. The predicted octanol–water partition coefficient (Wildman–Crippen LogP) is 2.64. The highest BCUT2D eigenvalue weighted by atomic mass is 32.1. The molecule has 0 aliphatic carbocycles. The first kappa shape index (κ1) is 18.8. The van der Waals surface area contributed by atoms with Crippen molar-refractivity contribution in [3.8, 4) is 11.6 Å². The predicted molar refractivity (Wildman–Crippen MR) is 110 cm³/mol. The Labute approximate surface area is 169 Å². The van der Waals surface area contributed by atoms with E-state index in [4.69, 9.17) is 4.74 Å². The van der Waals surface area contributed by atoms with E-state index in [-0.39, 0.29) is 11.5 Å². The SMILES string of the molecule is CCOc1ccc2nc(NC(=O)C(C)n3nc(-n4cccn4)ccc3=O)sc2c1. The fraction of sp³-hybridized carbons (Fsp3) is 0.211. The van der Waals surface area contributed by atoms with Gasteiger partial charge in [0.05, 0.1) is 16.8 Å². The molecule has 3 aromatic heterocycles. The summed E-state index contributed by atoms with van der Waals surface area (Å²) in [5, 5.41) is 11.6. The van der Waals surface area contributed by atoms with Gasteiger partial charge in [0, 0.05) is 18.5 Å². The summed E-state index contributed by atoms with van der Waals surface area (Å²) in [5.41, 5.74) is 0.381. The lowest BCUT2D eigenvalue weighted by Gasteiger charge is -2.13. The number of hydrogen-bond donors (Lipinski definition) is 1. The van der Waals surface area contributed by atoms with Crippen molar-refractivity contribution in [2.75, 3.05) is 11.9 Å². The molecule has 0 bridgehead atoms. The standard InChI is InChI=1S/C19H18N6O3S/c1-3-28-13-5-6-14-15(11-13)29-19(21-14)22-18(27)12(2)25-17(26)8-7-16(23-25)24-10-4-9-20-24/h4-12H,3H2,1-2H3,(H,21,22,27). The lowest BCUT2D eigenvalue weighted by Crippen LogP contribution is -2.33. The molecule has 0 aliphatic heterocycles. The molecule has 3 heterocycles. The summed E-state index contributed by atoms with van der Waals surface area (Å²) in [6, 6.07) is 9.40. The van der Waals surface area contributed by atoms with Gasteiger partial charge in [-0.25, -0.2) is 14.3 Å². The number of thiazole rings is 1. The third-order valence-corrected chi connectivity index (χ3v) is 5.13. The molecule has 1 amide bonds. The second kappa shape index (κ2) is 7.84. The number of rotatable bonds is 6. The van der Waals surface area contributed by atoms with Gasteiger partial charge in [0.2, 0.25) is 0 Å². The second-order valence-corrected chi connectivity index (χ2v) is 7.20. The Morgan fingerprint density at radius 1 is 1.31 bits per heavy atom. The number of carbonyl (C=O) groups is 1. The van der Waals surface area contributed by atoms with Crippen LogP contribution in [0.15, 0.2) is 53.6 Å². The summed E-state index contributed by atoms with van der Waals surface area (Å²) in [4.78, 5) is 29.4. The molecule has 1 unspecified atom stereocenters. The van der Waals surface area contributed by atoms with Gasteiger partial charge in [0.25, 0.3) is 11.5 Å². The van der Waals surface area contributed by atoms with Gasteiger partial charge in [0.15, 0.2) is 10.9 Å². The summed E-state index contributed by atoms with van der Waals surface area (Å²) in [5.74, 6) is 0.806. The van der Waals surface area contributed by atoms with Crippen molar-refractivity contribution >= 4 is 32.6 Å². The minimum absolute atomic E-state index is 0.380. The van der Waals surface area contributed by atoms with E-state index in [0.29, 0.717) is 17.6 Å². The van der Waals surface area contributed by atoms with Gasteiger partial charge in [-0.1, -0.05) is 11.3 Å². The average Bonchev–Trinajstić information content (AvgIpc) is 3.37. The minimum atomic E-state index is -0.830. The first-order valence-electron chi connectivity index (χ1n) is 8.99. The Kier molecular flexibility index (Phi) is 5.09. The molecule has 9 nitrogen and oxygen atoms in total. The molecule has 0 fully saturated rings. The van der Waals surface area contributed by atoms with E-state index in [2.05, 4.69) is 20.5 Å². The number of aromatic nitrogens is 5. The van der Waals surface area contributed by atoms with Gasteiger partial charge < -0.3 is 10.1 Å². The molecule has 1 atom stereocenters. The van der Waals surface area contributed by atoms with Crippen LogP contribution in [0.3, 0.4) is 0 Å². The largest absolute Gasteiger partial charge is 0.494 e. The number of ether oxygens (including phenoxy) is 1. The number of benzene rings is 1. The molecule has 148 valence electrons. The van der Waals surface area contributed by atoms with Gasteiger partial charge in [-0.3, -0.25) is 9.59 Å². The molecule has 1 aromatic carbocycles. The van der Waals surface area contributed by atoms with Crippen molar-refractivity contribution < 1.29 is 9.53 Å². The molecule has 1 N–H and O–H groups in total. The molecular weight excluding hydrogens is 392 g/mol. The van der Waals surface area contributed by atoms with Crippen molar-refractivity contribution in [3.63, 3.8) is 0 Å². The third-order valence-electron chi connectivity index (χ3n) is 4.20. The van der Waals surface area contributed by atoms with Gasteiger partial charge in [-0.05, 0) is 44.2 Å². The number of nitrogens with zero attached hydrogens (tertiary/aromatic N) is 5.